The average molecular weight is 333 g/mol. The Balaban J connectivity index is 1.82. The Morgan fingerprint density at radius 3 is 2.54 bits per heavy atom. The zero-order chi connectivity index (χ0) is 17.4. The lowest BCUT2D eigenvalue weighted by molar-refractivity contribution is -0.137. The third-order valence-electron chi connectivity index (χ3n) is 8.61. The first-order valence-corrected chi connectivity index (χ1v) is 9.43. The molecule has 2 aliphatic heterocycles. The van der Waals surface area contributed by atoms with Gasteiger partial charge in [-0.3, -0.25) is 4.90 Å². The van der Waals surface area contributed by atoms with Gasteiger partial charge in [-0.15, -0.1) is 0 Å². The quantitative estimate of drug-likeness (QED) is 0.790. The molecule has 1 N–H and O–H groups in total. The van der Waals surface area contributed by atoms with E-state index >= 15 is 0 Å². The predicted molar refractivity (Wildman–Crippen MR) is 92.3 cm³/mol. The highest BCUT2D eigenvalue weighted by molar-refractivity contribution is 5.91. The Hall–Kier alpha value is -0.870. The summed E-state index contributed by atoms with van der Waals surface area (Å²) in [5, 5.41) is 10.6. The molecule has 0 aromatic heterocycles. The van der Waals surface area contributed by atoms with Gasteiger partial charge in [0.25, 0.3) is 0 Å². The van der Waals surface area contributed by atoms with Gasteiger partial charge in [-0.2, -0.15) is 0 Å². The maximum atomic E-state index is 12.7. The molecule has 0 aromatic rings. The van der Waals surface area contributed by atoms with Crippen LogP contribution in [0.1, 0.15) is 52.9 Å². The number of carbonyl (C=O) groups excluding carboxylic acids is 1. The Labute approximate surface area is 145 Å². The number of aliphatic hydroxyl groups is 1. The summed E-state index contributed by atoms with van der Waals surface area (Å²) in [6.45, 7) is 7.27. The van der Waals surface area contributed by atoms with Crippen LogP contribution < -0.4 is 0 Å². The molecule has 3 fully saturated rings. The minimum absolute atomic E-state index is 0.183. The number of rotatable bonds is 2. The molecule has 2 saturated carbocycles. The van der Waals surface area contributed by atoms with E-state index in [4.69, 9.17) is 4.74 Å². The zero-order valence-electron chi connectivity index (χ0n) is 15.6. The van der Waals surface area contributed by atoms with Crippen LogP contribution >= 0.6 is 0 Å². The van der Waals surface area contributed by atoms with Gasteiger partial charge in [-0.1, -0.05) is 26.3 Å². The highest BCUT2D eigenvalue weighted by atomic mass is 16.5. The van der Waals surface area contributed by atoms with Gasteiger partial charge < -0.3 is 9.84 Å². The standard InChI is InChI=1S/C20H31NO3/c1-19(2)11-6-7-20(19,3)14(8-11)13-9-12-10-15(22)17(21(12)4)16(13)18(23)24-5/h11-12,14-15,17,22H,6-10H2,1-5H3/t11?,12?,14?,15-,17+,20+/m1/s1. The number of esters is 1. The van der Waals surface area contributed by atoms with E-state index in [9.17, 15) is 9.90 Å². The third-order valence-corrected chi connectivity index (χ3v) is 8.61. The molecule has 3 unspecified atom stereocenters. The van der Waals surface area contributed by atoms with Crippen molar-refractivity contribution >= 4 is 5.97 Å². The predicted octanol–water partition coefficient (Wildman–Crippen LogP) is 2.76. The molecule has 24 heavy (non-hydrogen) atoms. The molecule has 0 spiro atoms. The third kappa shape index (κ3) is 1.84. The maximum Gasteiger partial charge on any atom is 0.335 e. The Kier molecular flexibility index (Phi) is 3.51. The lowest BCUT2D eigenvalue weighted by Crippen LogP contribution is -2.46. The molecule has 0 radical (unpaired) electrons. The maximum absolute atomic E-state index is 12.7. The van der Waals surface area contributed by atoms with Crippen LogP contribution in [0.25, 0.3) is 0 Å². The molecule has 4 bridgehead atoms. The molecule has 2 aliphatic carbocycles. The molecule has 2 heterocycles. The van der Waals surface area contributed by atoms with Crippen molar-refractivity contribution in [3.63, 3.8) is 0 Å². The fourth-order valence-electron chi connectivity index (χ4n) is 6.67. The zero-order valence-corrected chi connectivity index (χ0v) is 15.6. The molecule has 134 valence electrons. The van der Waals surface area contributed by atoms with Crippen molar-refractivity contribution in [1.82, 2.24) is 4.90 Å². The van der Waals surface area contributed by atoms with E-state index in [0.29, 0.717) is 17.4 Å². The summed E-state index contributed by atoms with van der Waals surface area (Å²) in [5.74, 6) is 0.982. The summed E-state index contributed by atoms with van der Waals surface area (Å²) in [5.41, 5.74) is 2.67. The van der Waals surface area contributed by atoms with Crippen LogP contribution in [0.5, 0.6) is 0 Å². The molecular formula is C20H31NO3. The number of methoxy groups -OCH3 is 1. The van der Waals surface area contributed by atoms with Crippen LogP contribution in [0.4, 0.5) is 0 Å². The number of aliphatic hydroxyl groups excluding tert-OH is 1. The molecule has 0 aromatic carbocycles. The average Bonchev–Trinajstić information content (AvgIpc) is 2.94. The first-order valence-electron chi connectivity index (χ1n) is 9.43. The van der Waals surface area contributed by atoms with Gasteiger partial charge >= 0.3 is 5.97 Å². The number of hydrogen-bond acceptors (Lipinski definition) is 4. The van der Waals surface area contributed by atoms with Crippen molar-refractivity contribution in [2.45, 2.75) is 71.1 Å². The molecule has 0 amide bonds. The van der Waals surface area contributed by atoms with Crippen LogP contribution in [0.3, 0.4) is 0 Å². The molecule has 4 aliphatic rings. The van der Waals surface area contributed by atoms with Gasteiger partial charge in [0.05, 0.1) is 24.8 Å². The van der Waals surface area contributed by atoms with Crippen LogP contribution in [0.15, 0.2) is 11.1 Å². The van der Waals surface area contributed by atoms with Crippen LogP contribution in [0, 0.1) is 22.7 Å². The highest BCUT2D eigenvalue weighted by Crippen LogP contribution is 2.70. The number of fused-ring (bicyclic) bond motifs is 4. The summed E-state index contributed by atoms with van der Waals surface area (Å²) >= 11 is 0. The number of likely N-dealkylation sites (N-methyl/N-ethyl adjacent to an activating group) is 1. The van der Waals surface area contributed by atoms with E-state index in [1.807, 2.05) is 7.05 Å². The largest absolute Gasteiger partial charge is 0.466 e. The summed E-state index contributed by atoms with van der Waals surface area (Å²) in [6.07, 6.45) is 4.99. The Bertz CT molecular complexity index is 610. The number of nitrogens with zero attached hydrogens (tertiary/aromatic N) is 1. The molecule has 1 saturated heterocycles. The van der Waals surface area contributed by atoms with Crippen molar-refractivity contribution in [1.29, 1.82) is 0 Å². The SMILES string of the molecule is COC(=O)C1=C(C2CC3CC[C@]2(C)C3(C)C)CC2C[C@@H](O)[C@@H]1N2C. The van der Waals surface area contributed by atoms with Gasteiger partial charge in [0.15, 0.2) is 0 Å². The number of carbonyl (C=O) groups is 1. The van der Waals surface area contributed by atoms with Crippen LogP contribution in [-0.2, 0) is 9.53 Å². The number of hydrogen-bond donors (Lipinski definition) is 1. The summed E-state index contributed by atoms with van der Waals surface area (Å²) in [6, 6.07) is 0.177. The second-order valence-electron chi connectivity index (χ2n) is 9.36. The van der Waals surface area contributed by atoms with Gasteiger partial charge in [0.1, 0.15) is 0 Å². The molecule has 6 atom stereocenters. The van der Waals surface area contributed by atoms with Crippen LogP contribution in [0.2, 0.25) is 0 Å². The van der Waals surface area contributed by atoms with Crippen molar-refractivity contribution in [2.24, 2.45) is 22.7 Å². The van der Waals surface area contributed by atoms with E-state index in [1.54, 1.807) is 0 Å². The van der Waals surface area contributed by atoms with Crippen molar-refractivity contribution < 1.29 is 14.6 Å². The fraction of sp³-hybridized carbons (Fsp3) is 0.850. The van der Waals surface area contributed by atoms with E-state index in [-0.39, 0.29) is 17.4 Å². The fourth-order valence-corrected chi connectivity index (χ4v) is 6.67. The van der Waals surface area contributed by atoms with E-state index in [1.165, 1.54) is 31.9 Å². The summed E-state index contributed by atoms with van der Waals surface area (Å²) in [4.78, 5) is 14.9. The highest BCUT2D eigenvalue weighted by Gasteiger charge is 2.63. The molecular weight excluding hydrogens is 302 g/mol. The first kappa shape index (κ1) is 16.6. The van der Waals surface area contributed by atoms with Gasteiger partial charge in [0, 0.05) is 6.04 Å². The second-order valence-corrected chi connectivity index (χ2v) is 9.36. The van der Waals surface area contributed by atoms with Crippen LogP contribution in [-0.4, -0.2) is 48.3 Å². The van der Waals surface area contributed by atoms with Gasteiger partial charge in [-0.05, 0) is 61.8 Å². The van der Waals surface area contributed by atoms with E-state index < -0.39 is 6.10 Å². The Morgan fingerprint density at radius 2 is 2.00 bits per heavy atom. The Morgan fingerprint density at radius 1 is 1.29 bits per heavy atom. The number of ether oxygens (including phenoxy) is 1. The minimum Gasteiger partial charge on any atom is -0.466 e. The molecule has 4 rings (SSSR count). The lowest BCUT2D eigenvalue weighted by Gasteiger charge is -2.44. The van der Waals surface area contributed by atoms with Crippen molar-refractivity contribution in [2.75, 3.05) is 14.2 Å². The minimum atomic E-state index is -0.453. The smallest absolute Gasteiger partial charge is 0.335 e. The van der Waals surface area contributed by atoms with Crippen molar-refractivity contribution in [3.8, 4) is 0 Å². The van der Waals surface area contributed by atoms with E-state index in [0.717, 1.165) is 24.3 Å². The van der Waals surface area contributed by atoms with E-state index in [2.05, 4.69) is 25.7 Å². The van der Waals surface area contributed by atoms with Gasteiger partial charge in [0.2, 0.25) is 0 Å². The molecule has 4 nitrogen and oxygen atoms in total. The first-order chi connectivity index (χ1) is 11.2. The summed E-state index contributed by atoms with van der Waals surface area (Å²) < 4.78 is 5.16. The summed E-state index contributed by atoms with van der Waals surface area (Å²) in [7, 11) is 3.50. The topological polar surface area (TPSA) is 49.8 Å². The normalized spacial score (nSPS) is 46.7. The van der Waals surface area contributed by atoms with Gasteiger partial charge in [-0.25, -0.2) is 4.79 Å². The lowest BCUT2D eigenvalue weighted by atomic mass is 9.63. The second kappa shape index (κ2) is 5.07. The molecule has 4 heteroatoms. The monoisotopic (exact) mass is 333 g/mol. The van der Waals surface area contributed by atoms with Crippen molar-refractivity contribution in [3.05, 3.63) is 11.1 Å².